The van der Waals surface area contributed by atoms with Crippen molar-refractivity contribution in [1.82, 2.24) is 15.1 Å². The zero-order chi connectivity index (χ0) is 26.2. The van der Waals surface area contributed by atoms with Gasteiger partial charge in [0.1, 0.15) is 6.54 Å². The second kappa shape index (κ2) is 12.0. The Kier molecular flexibility index (Phi) is 8.83. The predicted octanol–water partition coefficient (Wildman–Crippen LogP) is 4.67. The Hall–Kier alpha value is -4.14. The van der Waals surface area contributed by atoms with Crippen molar-refractivity contribution in [2.24, 2.45) is 5.92 Å². The van der Waals surface area contributed by atoms with E-state index in [1.54, 1.807) is 18.3 Å². The first-order valence-corrected chi connectivity index (χ1v) is 11.9. The summed E-state index contributed by atoms with van der Waals surface area (Å²) in [4.78, 5) is 36.2. The molecule has 0 spiro atoms. The van der Waals surface area contributed by atoms with Gasteiger partial charge in [-0.05, 0) is 61.1 Å². The lowest BCUT2D eigenvalue weighted by Gasteiger charge is -2.19. The van der Waals surface area contributed by atoms with Crippen LogP contribution in [0.5, 0.6) is 0 Å². The molecule has 0 radical (unpaired) electrons. The highest BCUT2D eigenvalue weighted by atomic mass is 16.4. The summed E-state index contributed by atoms with van der Waals surface area (Å²) in [6.07, 6.45) is 2.45. The van der Waals surface area contributed by atoms with E-state index in [0.717, 1.165) is 22.4 Å². The van der Waals surface area contributed by atoms with E-state index in [4.69, 9.17) is 5.11 Å². The summed E-state index contributed by atoms with van der Waals surface area (Å²) in [5, 5.41) is 22.0. The van der Waals surface area contributed by atoms with Crippen molar-refractivity contribution in [3.8, 4) is 0 Å². The van der Waals surface area contributed by atoms with Crippen molar-refractivity contribution in [2.75, 3.05) is 10.6 Å². The molecule has 1 heterocycles. The normalized spacial score (nSPS) is 11.7. The largest absolute Gasteiger partial charge is 0.480 e. The van der Waals surface area contributed by atoms with E-state index in [1.807, 2.05) is 50.2 Å². The number of hydrogen-bond donors (Lipinski definition) is 4. The molecule has 36 heavy (non-hydrogen) atoms. The van der Waals surface area contributed by atoms with Gasteiger partial charge in [-0.25, -0.2) is 4.79 Å². The van der Waals surface area contributed by atoms with E-state index in [2.05, 4.69) is 34.9 Å². The number of carbonyl (C=O) groups excluding carboxylic acids is 2. The predicted molar refractivity (Wildman–Crippen MR) is 139 cm³/mol. The minimum atomic E-state index is -0.977. The maximum Gasteiger partial charge on any atom is 0.325 e. The molecule has 1 aromatic heterocycles. The molecule has 9 heteroatoms. The second-order valence-electron chi connectivity index (χ2n) is 9.30. The van der Waals surface area contributed by atoms with E-state index < -0.39 is 5.97 Å². The zero-order valence-corrected chi connectivity index (χ0v) is 21.0. The molecule has 2 aromatic carbocycles. The van der Waals surface area contributed by atoms with E-state index in [1.165, 1.54) is 4.68 Å². The quantitative estimate of drug-likeness (QED) is 0.328. The number of nitrogens with zero attached hydrogens (tertiary/aromatic N) is 2. The number of urea groups is 1. The highest BCUT2D eigenvalue weighted by molar-refractivity contribution is 6.00. The SMILES string of the molecule is Cc1ccccc1NC(=O)Nc1ccc(CC(=O)NC(CC(C)C)c2ccn(CC(=O)O)n2)cc1C. The zero-order valence-electron chi connectivity index (χ0n) is 21.0. The molecule has 3 amide bonds. The van der Waals surface area contributed by atoms with Gasteiger partial charge in [-0.3, -0.25) is 14.3 Å². The van der Waals surface area contributed by atoms with Crippen molar-refractivity contribution in [3.05, 3.63) is 77.1 Å². The first-order chi connectivity index (χ1) is 17.1. The Morgan fingerprint density at radius 1 is 0.972 bits per heavy atom. The maximum absolute atomic E-state index is 12.9. The molecular formula is C27H33N5O4. The van der Waals surface area contributed by atoms with Crippen LogP contribution in [0, 0.1) is 19.8 Å². The fourth-order valence-electron chi connectivity index (χ4n) is 3.91. The first-order valence-electron chi connectivity index (χ1n) is 11.9. The Bertz CT molecular complexity index is 1230. The third kappa shape index (κ3) is 7.69. The van der Waals surface area contributed by atoms with Crippen LogP contribution < -0.4 is 16.0 Å². The molecule has 1 unspecified atom stereocenters. The standard InChI is InChI=1S/C27H33N5O4/c1-17(2)13-24(23-11-12-32(31-23)16-26(34)35)28-25(33)15-20-9-10-22(19(4)14-20)30-27(36)29-21-8-6-5-7-18(21)3/h5-12,14,17,24H,13,15-16H2,1-4H3,(H,28,33)(H,34,35)(H2,29,30,36). The van der Waals surface area contributed by atoms with Crippen LogP contribution in [0.1, 0.15) is 48.7 Å². The van der Waals surface area contributed by atoms with Crippen LogP contribution in [0.3, 0.4) is 0 Å². The molecule has 0 bridgehead atoms. The molecular weight excluding hydrogens is 458 g/mol. The number of anilines is 2. The lowest BCUT2D eigenvalue weighted by molar-refractivity contribution is -0.138. The van der Waals surface area contributed by atoms with Gasteiger partial charge in [0, 0.05) is 17.6 Å². The summed E-state index contributed by atoms with van der Waals surface area (Å²) in [7, 11) is 0. The molecule has 0 aliphatic carbocycles. The Labute approximate surface area is 210 Å². The van der Waals surface area contributed by atoms with Crippen molar-refractivity contribution < 1.29 is 19.5 Å². The smallest absolute Gasteiger partial charge is 0.325 e. The topological polar surface area (TPSA) is 125 Å². The van der Waals surface area contributed by atoms with Gasteiger partial charge in [-0.15, -0.1) is 0 Å². The molecule has 3 rings (SSSR count). The van der Waals surface area contributed by atoms with Crippen LogP contribution in [-0.2, 0) is 22.6 Å². The molecule has 0 aliphatic rings. The average molecular weight is 492 g/mol. The molecule has 0 saturated heterocycles. The fourth-order valence-corrected chi connectivity index (χ4v) is 3.91. The summed E-state index contributed by atoms with van der Waals surface area (Å²) < 4.78 is 1.35. The number of aromatic nitrogens is 2. The molecule has 9 nitrogen and oxygen atoms in total. The Balaban J connectivity index is 1.62. The number of aliphatic carboxylic acids is 1. The summed E-state index contributed by atoms with van der Waals surface area (Å²) in [5.74, 6) is -0.834. The summed E-state index contributed by atoms with van der Waals surface area (Å²) in [5.41, 5.74) is 4.65. The van der Waals surface area contributed by atoms with Crippen LogP contribution in [0.15, 0.2) is 54.7 Å². The number of aryl methyl sites for hydroxylation is 2. The third-order valence-electron chi connectivity index (χ3n) is 5.65. The summed E-state index contributed by atoms with van der Waals surface area (Å²) >= 11 is 0. The van der Waals surface area contributed by atoms with Gasteiger partial charge in [-0.2, -0.15) is 5.10 Å². The summed E-state index contributed by atoms with van der Waals surface area (Å²) in [6, 6.07) is 14.1. The van der Waals surface area contributed by atoms with Crippen molar-refractivity contribution in [3.63, 3.8) is 0 Å². The van der Waals surface area contributed by atoms with Crippen LogP contribution in [0.25, 0.3) is 0 Å². The minimum absolute atomic E-state index is 0.161. The van der Waals surface area contributed by atoms with Crippen LogP contribution in [0.4, 0.5) is 16.2 Å². The molecule has 1 atom stereocenters. The van der Waals surface area contributed by atoms with Gasteiger partial charge < -0.3 is 21.1 Å². The molecule has 0 aliphatic heterocycles. The van der Waals surface area contributed by atoms with E-state index in [0.29, 0.717) is 23.7 Å². The monoisotopic (exact) mass is 491 g/mol. The van der Waals surface area contributed by atoms with Crippen LogP contribution >= 0.6 is 0 Å². The number of nitrogens with one attached hydrogen (secondary N) is 3. The Morgan fingerprint density at radius 3 is 2.31 bits per heavy atom. The molecule has 0 fully saturated rings. The number of hydrogen-bond acceptors (Lipinski definition) is 4. The number of para-hydroxylation sites is 1. The number of carbonyl (C=O) groups is 3. The molecule has 0 saturated carbocycles. The highest BCUT2D eigenvalue weighted by Crippen LogP contribution is 2.22. The van der Waals surface area contributed by atoms with Crippen LogP contribution in [-0.4, -0.2) is 32.8 Å². The molecule has 4 N–H and O–H groups in total. The molecule has 190 valence electrons. The van der Waals surface area contributed by atoms with Crippen molar-refractivity contribution in [1.29, 1.82) is 0 Å². The Morgan fingerprint density at radius 2 is 1.67 bits per heavy atom. The number of benzene rings is 2. The lowest BCUT2D eigenvalue weighted by atomic mass is 10.0. The van der Waals surface area contributed by atoms with Gasteiger partial charge in [0.2, 0.25) is 5.91 Å². The number of carboxylic acid groups (broad SMARTS) is 1. The third-order valence-corrected chi connectivity index (χ3v) is 5.65. The second-order valence-corrected chi connectivity index (χ2v) is 9.30. The van der Waals surface area contributed by atoms with Crippen LogP contribution in [0.2, 0.25) is 0 Å². The van der Waals surface area contributed by atoms with Gasteiger partial charge in [0.15, 0.2) is 0 Å². The van der Waals surface area contributed by atoms with Crippen molar-refractivity contribution >= 4 is 29.3 Å². The minimum Gasteiger partial charge on any atom is -0.480 e. The van der Waals surface area contributed by atoms with Gasteiger partial charge in [0.05, 0.1) is 18.2 Å². The average Bonchev–Trinajstić information content (AvgIpc) is 3.24. The van der Waals surface area contributed by atoms with E-state index in [9.17, 15) is 14.4 Å². The van der Waals surface area contributed by atoms with Gasteiger partial charge >= 0.3 is 12.0 Å². The fraction of sp³-hybridized carbons (Fsp3) is 0.333. The van der Waals surface area contributed by atoms with Gasteiger partial charge in [0.25, 0.3) is 0 Å². The van der Waals surface area contributed by atoms with Gasteiger partial charge in [-0.1, -0.05) is 44.2 Å². The number of carboxylic acids is 1. The summed E-state index contributed by atoms with van der Waals surface area (Å²) in [6.45, 7) is 7.68. The van der Waals surface area contributed by atoms with E-state index >= 15 is 0 Å². The highest BCUT2D eigenvalue weighted by Gasteiger charge is 2.20. The number of amides is 3. The number of rotatable bonds is 10. The maximum atomic E-state index is 12.9. The lowest BCUT2D eigenvalue weighted by Crippen LogP contribution is -2.31. The van der Waals surface area contributed by atoms with Crippen molar-refractivity contribution in [2.45, 2.75) is 53.1 Å². The first kappa shape index (κ1) is 26.5. The molecule has 3 aromatic rings. The van der Waals surface area contributed by atoms with E-state index in [-0.39, 0.29) is 30.9 Å².